The van der Waals surface area contributed by atoms with Gasteiger partial charge in [-0.2, -0.15) is 5.26 Å². The van der Waals surface area contributed by atoms with Crippen molar-refractivity contribution in [2.75, 3.05) is 5.75 Å². The molecular formula is C13H21N3O3S. The van der Waals surface area contributed by atoms with Gasteiger partial charge in [-0.3, -0.25) is 4.79 Å². The molecule has 112 valence electrons. The largest absolute Gasteiger partial charge is 0.322 e. The van der Waals surface area contributed by atoms with Gasteiger partial charge in [-0.15, -0.1) is 0 Å². The number of fused-ring (bicyclic) bond motifs is 1. The molecule has 7 heteroatoms. The van der Waals surface area contributed by atoms with Crippen LogP contribution in [0.1, 0.15) is 33.6 Å². The smallest absolute Gasteiger partial charge is 0.241 e. The van der Waals surface area contributed by atoms with Crippen molar-refractivity contribution in [3.05, 3.63) is 0 Å². The first-order valence-electron chi connectivity index (χ1n) is 6.78. The summed E-state index contributed by atoms with van der Waals surface area (Å²) in [4.78, 5) is 13.8. The Balaban J connectivity index is 2.09. The van der Waals surface area contributed by atoms with Gasteiger partial charge in [0.25, 0.3) is 0 Å². The van der Waals surface area contributed by atoms with Crippen LogP contribution in [0.15, 0.2) is 0 Å². The van der Waals surface area contributed by atoms with Crippen molar-refractivity contribution in [3.63, 3.8) is 0 Å². The van der Waals surface area contributed by atoms with Gasteiger partial charge in [-0.1, -0.05) is 0 Å². The number of rotatable bonds is 3. The molecule has 1 amide bonds. The molecule has 2 unspecified atom stereocenters. The number of nitrogens with two attached hydrogens (primary N) is 1. The van der Waals surface area contributed by atoms with Crippen LogP contribution in [0, 0.1) is 17.2 Å². The molecular weight excluding hydrogens is 278 g/mol. The van der Waals surface area contributed by atoms with Crippen LogP contribution in [0.2, 0.25) is 0 Å². The Bertz CT molecular complexity index is 558. The molecule has 6 nitrogen and oxygen atoms in total. The lowest BCUT2D eigenvalue weighted by molar-refractivity contribution is -0.133. The number of likely N-dealkylation sites (tertiary alicyclic amines) is 1. The fourth-order valence-corrected chi connectivity index (χ4v) is 3.75. The number of nitrogens with zero attached hydrogens (tertiary/aromatic N) is 2. The van der Waals surface area contributed by atoms with Crippen molar-refractivity contribution in [3.8, 4) is 6.07 Å². The molecule has 0 aromatic rings. The number of hydrogen-bond acceptors (Lipinski definition) is 5. The molecule has 0 bridgehead atoms. The van der Waals surface area contributed by atoms with E-state index in [1.54, 1.807) is 20.8 Å². The average Bonchev–Trinajstić information content (AvgIpc) is 2.97. The second kappa shape index (κ2) is 4.71. The number of piperidine rings is 1. The summed E-state index contributed by atoms with van der Waals surface area (Å²) in [5.74, 6) is -0.383. The van der Waals surface area contributed by atoms with Crippen molar-refractivity contribution in [1.29, 1.82) is 5.26 Å². The molecule has 1 saturated carbocycles. The maximum absolute atomic E-state index is 12.3. The topological polar surface area (TPSA) is 104 Å². The third-order valence-electron chi connectivity index (χ3n) is 4.16. The molecule has 1 heterocycles. The average molecular weight is 299 g/mol. The van der Waals surface area contributed by atoms with E-state index in [4.69, 9.17) is 11.0 Å². The summed E-state index contributed by atoms with van der Waals surface area (Å²) in [5.41, 5.74) is 5.80. The lowest BCUT2D eigenvalue weighted by atomic mass is 10.2. The molecule has 2 fully saturated rings. The van der Waals surface area contributed by atoms with Crippen molar-refractivity contribution in [2.24, 2.45) is 11.7 Å². The zero-order chi connectivity index (χ0) is 15.3. The van der Waals surface area contributed by atoms with Gasteiger partial charge in [0.05, 0.1) is 22.6 Å². The maximum Gasteiger partial charge on any atom is 0.241 e. The second-order valence-corrected chi connectivity index (χ2v) is 9.48. The molecule has 2 rings (SSSR count). The molecule has 1 aliphatic heterocycles. The molecule has 1 saturated heterocycles. The molecule has 2 aliphatic rings. The normalized spacial score (nSPS) is 30.6. The number of carbonyl (C=O) groups excluding carboxylic acids is 1. The van der Waals surface area contributed by atoms with Gasteiger partial charge in [0.15, 0.2) is 9.84 Å². The van der Waals surface area contributed by atoms with Gasteiger partial charge in [-0.05, 0) is 39.5 Å². The van der Waals surface area contributed by atoms with Crippen LogP contribution in [0.5, 0.6) is 0 Å². The Morgan fingerprint density at radius 2 is 2.05 bits per heavy atom. The van der Waals surface area contributed by atoms with E-state index < -0.39 is 32.6 Å². The zero-order valence-electron chi connectivity index (χ0n) is 12.0. The third kappa shape index (κ3) is 2.54. The lowest BCUT2D eigenvalue weighted by Crippen LogP contribution is -2.51. The Hall–Kier alpha value is -1.13. The number of hydrogen-bond donors (Lipinski definition) is 1. The number of amides is 1. The Labute approximate surface area is 119 Å². The number of sulfone groups is 1. The van der Waals surface area contributed by atoms with E-state index in [0.29, 0.717) is 12.3 Å². The first kappa shape index (κ1) is 15.3. The summed E-state index contributed by atoms with van der Waals surface area (Å²) in [6, 6.07) is 0.659. The van der Waals surface area contributed by atoms with Gasteiger partial charge >= 0.3 is 0 Å². The van der Waals surface area contributed by atoms with Gasteiger partial charge in [0.1, 0.15) is 6.04 Å². The Morgan fingerprint density at radius 1 is 1.45 bits per heavy atom. The van der Waals surface area contributed by atoms with Crippen molar-refractivity contribution in [2.45, 2.75) is 56.5 Å². The molecule has 0 radical (unpaired) electrons. The summed E-state index contributed by atoms with van der Waals surface area (Å²) >= 11 is 0. The van der Waals surface area contributed by atoms with Crippen LogP contribution in [-0.4, -0.2) is 47.9 Å². The van der Waals surface area contributed by atoms with Crippen molar-refractivity contribution in [1.82, 2.24) is 4.90 Å². The van der Waals surface area contributed by atoms with E-state index in [9.17, 15) is 13.2 Å². The van der Waals surface area contributed by atoms with E-state index in [2.05, 4.69) is 6.07 Å². The lowest BCUT2D eigenvalue weighted by Gasteiger charge is -2.27. The summed E-state index contributed by atoms with van der Waals surface area (Å²) < 4.78 is 23.3. The first-order valence-corrected chi connectivity index (χ1v) is 8.43. The Kier molecular flexibility index (Phi) is 3.59. The highest BCUT2D eigenvalue weighted by Crippen LogP contribution is 2.47. The molecule has 2 N–H and O–H groups in total. The van der Waals surface area contributed by atoms with Crippen molar-refractivity contribution >= 4 is 15.7 Å². The predicted molar refractivity (Wildman–Crippen MR) is 74.3 cm³/mol. The predicted octanol–water partition coefficient (Wildman–Crippen LogP) is 0.0400. The van der Waals surface area contributed by atoms with Crippen LogP contribution in [0.3, 0.4) is 0 Å². The maximum atomic E-state index is 12.3. The van der Waals surface area contributed by atoms with Crippen LogP contribution < -0.4 is 5.73 Å². The molecule has 4 atom stereocenters. The van der Waals surface area contributed by atoms with E-state index in [1.165, 1.54) is 4.90 Å². The highest BCUT2D eigenvalue weighted by molar-refractivity contribution is 7.92. The number of carbonyl (C=O) groups is 1. The summed E-state index contributed by atoms with van der Waals surface area (Å²) in [7, 11) is -3.46. The van der Waals surface area contributed by atoms with Gasteiger partial charge < -0.3 is 10.6 Å². The minimum atomic E-state index is -3.46. The van der Waals surface area contributed by atoms with E-state index in [-0.39, 0.29) is 11.8 Å². The Morgan fingerprint density at radius 3 is 2.55 bits per heavy atom. The number of nitriles is 1. The minimum absolute atomic E-state index is 0.0931. The highest BCUT2D eigenvalue weighted by atomic mass is 32.2. The summed E-state index contributed by atoms with van der Waals surface area (Å²) in [6.07, 6.45) is 1.59. The highest BCUT2D eigenvalue weighted by Gasteiger charge is 2.55. The molecule has 0 aromatic carbocycles. The molecule has 1 aliphatic carbocycles. The summed E-state index contributed by atoms with van der Waals surface area (Å²) in [5, 5.41) is 9.06. The van der Waals surface area contributed by atoms with Crippen molar-refractivity contribution < 1.29 is 13.2 Å². The fraction of sp³-hybridized carbons (Fsp3) is 0.846. The first-order chi connectivity index (χ1) is 9.08. The SMILES string of the molecule is CC(C)(C)S(=O)(=O)CC(N)C(=O)N1C(C#N)C[C@@H]2C[C@@H]21. The minimum Gasteiger partial charge on any atom is -0.322 e. The monoisotopic (exact) mass is 299 g/mol. The van der Waals surface area contributed by atoms with Crippen LogP contribution in [-0.2, 0) is 14.6 Å². The summed E-state index contributed by atoms with van der Waals surface area (Å²) in [6.45, 7) is 4.76. The standard InChI is InChI=1S/C13H21N3O3S/c1-13(2,3)20(18,19)7-10(15)12(17)16-9(6-14)4-8-5-11(8)16/h8-11H,4-5,7,15H2,1-3H3/t8-,9?,10?,11+/m1/s1. The van der Waals surface area contributed by atoms with Crippen LogP contribution in [0.25, 0.3) is 0 Å². The van der Waals surface area contributed by atoms with E-state index in [0.717, 1.165) is 6.42 Å². The van der Waals surface area contributed by atoms with E-state index in [1.807, 2.05) is 0 Å². The van der Waals surface area contributed by atoms with E-state index >= 15 is 0 Å². The second-order valence-electron chi connectivity index (χ2n) is 6.69. The third-order valence-corrected chi connectivity index (χ3v) is 6.82. The van der Waals surface area contributed by atoms with Crippen LogP contribution in [0.4, 0.5) is 0 Å². The van der Waals surface area contributed by atoms with Crippen LogP contribution >= 0.6 is 0 Å². The quantitative estimate of drug-likeness (QED) is 0.792. The van der Waals surface area contributed by atoms with Gasteiger partial charge in [-0.25, -0.2) is 8.42 Å². The zero-order valence-corrected chi connectivity index (χ0v) is 12.9. The van der Waals surface area contributed by atoms with Gasteiger partial charge in [0, 0.05) is 6.04 Å². The molecule has 0 spiro atoms. The fourth-order valence-electron chi connectivity index (χ4n) is 2.64. The molecule has 20 heavy (non-hydrogen) atoms. The molecule has 0 aromatic heterocycles. The van der Waals surface area contributed by atoms with Gasteiger partial charge in [0.2, 0.25) is 5.91 Å².